The minimum Gasteiger partial charge on any atom is -0.481 e. The highest BCUT2D eigenvalue weighted by atomic mass is 32.2. The van der Waals surface area contributed by atoms with E-state index < -0.39 is 18.5 Å². The molecule has 1 aliphatic rings. The first kappa shape index (κ1) is 21.1. The highest BCUT2D eigenvalue weighted by Gasteiger charge is 2.32. The highest BCUT2D eigenvalue weighted by Crippen LogP contribution is 2.35. The Morgan fingerprint density at radius 2 is 1.93 bits per heavy atom. The smallest absolute Gasteiger partial charge is 0.341 e. The highest BCUT2D eigenvalue weighted by molar-refractivity contribution is 8.18. The average Bonchev–Trinajstić information content (AvgIpc) is 3.01. The molecule has 0 saturated carbocycles. The van der Waals surface area contributed by atoms with Crippen LogP contribution in [0.4, 0.5) is 5.69 Å². The van der Waals surface area contributed by atoms with Crippen molar-refractivity contribution in [1.29, 1.82) is 0 Å². The molecule has 2 aromatic carbocycles. The van der Waals surface area contributed by atoms with Crippen molar-refractivity contribution in [3.8, 4) is 5.75 Å². The first-order valence-corrected chi connectivity index (χ1v) is 9.77. The van der Waals surface area contributed by atoms with Gasteiger partial charge in [-0.05, 0) is 49.0 Å². The number of rotatable bonds is 7. The number of carboxylic acid groups (broad SMARTS) is 2. The summed E-state index contributed by atoms with van der Waals surface area (Å²) in [7, 11) is 0. The van der Waals surface area contributed by atoms with Crippen molar-refractivity contribution in [2.75, 3.05) is 13.2 Å². The third kappa shape index (κ3) is 4.87. The van der Waals surface area contributed by atoms with Crippen LogP contribution in [0.5, 0.6) is 5.75 Å². The molecule has 0 aromatic heterocycles. The summed E-state index contributed by atoms with van der Waals surface area (Å²) in [5.41, 5.74) is 1.10. The van der Waals surface area contributed by atoms with Gasteiger partial charge in [0.2, 0.25) is 0 Å². The van der Waals surface area contributed by atoms with Crippen LogP contribution in [0, 0.1) is 0 Å². The average molecular weight is 426 g/mol. The first-order valence-electron chi connectivity index (χ1n) is 8.96. The molecule has 0 atom stereocenters. The Kier molecular flexibility index (Phi) is 6.53. The van der Waals surface area contributed by atoms with E-state index in [0.29, 0.717) is 33.6 Å². The van der Waals surface area contributed by atoms with Crippen LogP contribution in [-0.2, 0) is 9.59 Å². The van der Waals surface area contributed by atoms with Gasteiger partial charge < -0.3 is 14.9 Å². The van der Waals surface area contributed by atoms with Crippen LogP contribution in [0.15, 0.2) is 58.4 Å². The predicted octanol–water partition coefficient (Wildman–Crippen LogP) is 3.47. The van der Waals surface area contributed by atoms with Crippen LogP contribution >= 0.6 is 11.8 Å². The monoisotopic (exact) mass is 426 g/mol. The number of benzene rings is 2. The van der Waals surface area contributed by atoms with Crippen LogP contribution in [0.1, 0.15) is 22.8 Å². The number of amidine groups is 1. The van der Waals surface area contributed by atoms with Crippen molar-refractivity contribution in [3.63, 3.8) is 0 Å². The van der Waals surface area contributed by atoms with Crippen molar-refractivity contribution in [2.45, 2.75) is 6.92 Å². The molecule has 1 saturated heterocycles. The van der Waals surface area contributed by atoms with Crippen molar-refractivity contribution in [2.24, 2.45) is 4.99 Å². The molecule has 154 valence electrons. The number of nitrogens with zero attached hydrogens (tertiary/aromatic N) is 2. The molecule has 0 unspecified atom stereocenters. The van der Waals surface area contributed by atoms with Gasteiger partial charge in [-0.15, -0.1) is 0 Å². The first-order chi connectivity index (χ1) is 14.4. The summed E-state index contributed by atoms with van der Waals surface area (Å²) in [4.78, 5) is 41.1. The summed E-state index contributed by atoms with van der Waals surface area (Å²) >= 11 is 1.16. The van der Waals surface area contributed by atoms with E-state index in [9.17, 15) is 14.4 Å². The van der Waals surface area contributed by atoms with E-state index in [1.165, 1.54) is 17.0 Å². The van der Waals surface area contributed by atoms with Gasteiger partial charge in [0.05, 0.1) is 16.2 Å². The summed E-state index contributed by atoms with van der Waals surface area (Å²) in [5, 5.41) is 18.4. The van der Waals surface area contributed by atoms with Gasteiger partial charge >= 0.3 is 11.9 Å². The zero-order valence-electron chi connectivity index (χ0n) is 15.9. The topological polar surface area (TPSA) is 117 Å². The molecular weight excluding hydrogens is 408 g/mol. The predicted molar refractivity (Wildman–Crippen MR) is 113 cm³/mol. The molecule has 1 amide bonds. The molecule has 0 bridgehead atoms. The minimum absolute atomic E-state index is 0.106. The third-order valence-electron chi connectivity index (χ3n) is 4.08. The number of carbonyl (C=O) groups is 3. The molecule has 2 N–H and O–H groups in total. The molecule has 0 aliphatic carbocycles. The van der Waals surface area contributed by atoms with E-state index in [0.717, 1.165) is 11.8 Å². The van der Waals surface area contributed by atoms with E-state index in [1.807, 2.05) is 6.92 Å². The fraction of sp³-hybridized carbons (Fsp3) is 0.143. The van der Waals surface area contributed by atoms with Crippen molar-refractivity contribution >= 4 is 46.5 Å². The third-order valence-corrected chi connectivity index (χ3v) is 5.09. The van der Waals surface area contributed by atoms with Gasteiger partial charge in [0.1, 0.15) is 5.75 Å². The maximum Gasteiger partial charge on any atom is 0.341 e. The molecule has 0 spiro atoms. The number of carboxylic acids is 2. The van der Waals surface area contributed by atoms with Crippen molar-refractivity contribution < 1.29 is 29.3 Å². The number of ether oxygens (including phenoxy) is 1. The Bertz CT molecular complexity index is 1060. The van der Waals surface area contributed by atoms with Crippen molar-refractivity contribution in [1.82, 2.24) is 4.90 Å². The number of para-hydroxylation sites is 1. The van der Waals surface area contributed by atoms with Gasteiger partial charge in [0.25, 0.3) is 5.91 Å². The Balaban J connectivity index is 1.92. The molecule has 3 rings (SSSR count). The quantitative estimate of drug-likeness (QED) is 0.651. The Hall–Kier alpha value is -3.59. The molecule has 30 heavy (non-hydrogen) atoms. The number of aliphatic carboxylic acids is 1. The van der Waals surface area contributed by atoms with Gasteiger partial charge in [-0.3, -0.25) is 9.69 Å². The molecule has 1 aliphatic heterocycles. The van der Waals surface area contributed by atoms with Gasteiger partial charge in [0.15, 0.2) is 11.8 Å². The fourth-order valence-electron chi connectivity index (χ4n) is 2.70. The Labute approximate surface area is 176 Å². The molecule has 9 heteroatoms. The minimum atomic E-state index is -1.10. The molecule has 2 aromatic rings. The van der Waals surface area contributed by atoms with Gasteiger partial charge in [-0.25, -0.2) is 14.6 Å². The number of aliphatic imine (C=N–C) groups is 1. The number of hydrogen-bond donors (Lipinski definition) is 2. The molecule has 0 radical (unpaired) electrons. The van der Waals surface area contributed by atoms with Crippen LogP contribution < -0.4 is 4.74 Å². The lowest BCUT2D eigenvalue weighted by Gasteiger charge is -2.12. The van der Waals surface area contributed by atoms with Gasteiger partial charge in [0, 0.05) is 12.1 Å². The molecule has 8 nitrogen and oxygen atoms in total. The SMILES string of the molecule is CCN1C(=O)C(=Cc2ccccc2OCC(=O)O)SC1=Nc1cccc(C(=O)O)c1. The van der Waals surface area contributed by atoms with Crippen LogP contribution in [0.25, 0.3) is 6.08 Å². The van der Waals surface area contributed by atoms with E-state index in [2.05, 4.69) is 4.99 Å². The number of carbonyl (C=O) groups excluding carboxylic acids is 1. The number of amides is 1. The number of thioether (sulfide) groups is 1. The Morgan fingerprint density at radius 3 is 2.63 bits per heavy atom. The maximum atomic E-state index is 12.8. The molecular formula is C21H18N2O6S. The lowest BCUT2D eigenvalue weighted by molar-refractivity contribution is -0.139. The van der Waals surface area contributed by atoms with Crippen molar-refractivity contribution in [3.05, 3.63) is 64.6 Å². The van der Waals surface area contributed by atoms with Crippen LogP contribution in [-0.4, -0.2) is 51.3 Å². The maximum absolute atomic E-state index is 12.8. The molecule has 1 heterocycles. The standard InChI is InChI=1S/C21H18N2O6S/c1-2-23-19(26)17(11-13-6-3-4-9-16(13)29-12-18(24)25)30-21(23)22-15-8-5-7-14(10-15)20(27)28/h3-11H,2,12H2,1H3,(H,24,25)(H,27,28). The van der Waals surface area contributed by atoms with E-state index in [1.54, 1.807) is 42.5 Å². The Morgan fingerprint density at radius 1 is 1.17 bits per heavy atom. The van der Waals surface area contributed by atoms with E-state index in [4.69, 9.17) is 14.9 Å². The summed E-state index contributed by atoms with van der Waals surface area (Å²) in [6.07, 6.45) is 1.63. The van der Waals surface area contributed by atoms with E-state index in [-0.39, 0.29) is 11.5 Å². The largest absolute Gasteiger partial charge is 0.481 e. The normalized spacial score (nSPS) is 16.3. The lowest BCUT2D eigenvalue weighted by Crippen LogP contribution is -2.28. The fourth-order valence-corrected chi connectivity index (χ4v) is 3.75. The van der Waals surface area contributed by atoms with Crippen LogP contribution in [0.3, 0.4) is 0 Å². The molecule has 1 fully saturated rings. The van der Waals surface area contributed by atoms with Gasteiger partial charge in [-0.1, -0.05) is 24.3 Å². The number of likely N-dealkylation sites (N-methyl/N-ethyl adjacent to an activating group) is 1. The second kappa shape index (κ2) is 9.27. The second-order valence-electron chi connectivity index (χ2n) is 6.13. The summed E-state index contributed by atoms with van der Waals surface area (Å²) in [6.45, 7) is 1.71. The van der Waals surface area contributed by atoms with Crippen LogP contribution in [0.2, 0.25) is 0 Å². The zero-order valence-corrected chi connectivity index (χ0v) is 16.8. The number of hydrogen-bond acceptors (Lipinski definition) is 6. The lowest BCUT2D eigenvalue weighted by atomic mass is 10.2. The zero-order chi connectivity index (χ0) is 21.7. The van der Waals surface area contributed by atoms with Gasteiger partial charge in [-0.2, -0.15) is 0 Å². The second-order valence-corrected chi connectivity index (χ2v) is 7.14. The summed E-state index contributed by atoms with van der Waals surface area (Å²) in [6, 6.07) is 13.0. The number of aromatic carboxylic acids is 1. The van der Waals surface area contributed by atoms with E-state index >= 15 is 0 Å². The summed E-state index contributed by atoms with van der Waals surface area (Å²) < 4.78 is 5.29. The summed E-state index contributed by atoms with van der Waals surface area (Å²) in [5.74, 6) is -2.05.